The van der Waals surface area contributed by atoms with Gasteiger partial charge in [-0.15, -0.1) is 0 Å². The van der Waals surface area contributed by atoms with E-state index in [-0.39, 0.29) is 12.6 Å². The third-order valence-corrected chi connectivity index (χ3v) is 3.90. The minimum Gasteiger partial charge on any atom is -0.455 e. The number of halogens is 1. The lowest BCUT2D eigenvalue weighted by Gasteiger charge is -2.10. The molecular formula is C17H10ClNO2. The molecule has 0 N–H and O–H groups in total. The summed E-state index contributed by atoms with van der Waals surface area (Å²) in [7, 11) is 0. The van der Waals surface area contributed by atoms with Gasteiger partial charge in [-0.25, -0.2) is 9.78 Å². The first kappa shape index (κ1) is 12.4. The van der Waals surface area contributed by atoms with Crippen molar-refractivity contribution in [2.75, 3.05) is 0 Å². The molecule has 2 aromatic carbocycles. The molecule has 4 heteroatoms. The van der Waals surface area contributed by atoms with Crippen molar-refractivity contribution in [1.29, 1.82) is 0 Å². The summed E-state index contributed by atoms with van der Waals surface area (Å²) in [6.45, 7) is 0.236. The summed E-state index contributed by atoms with van der Waals surface area (Å²) in [5, 5.41) is 1.61. The van der Waals surface area contributed by atoms with Crippen molar-refractivity contribution >= 4 is 28.5 Å². The van der Waals surface area contributed by atoms with E-state index < -0.39 is 0 Å². The normalized spacial score (nSPS) is 13.3. The fourth-order valence-corrected chi connectivity index (χ4v) is 2.84. The highest BCUT2D eigenvalue weighted by molar-refractivity contribution is 6.30. The molecule has 21 heavy (non-hydrogen) atoms. The third-order valence-electron chi connectivity index (χ3n) is 3.64. The van der Waals surface area contributed by atoms with Crippen LogP contribution in [0.2, 0.25) is 5.02 Å². The maximum absolute atomic E-state index is 12.1. The number of carbonyl (C=O) groups excluding carboxylic acids is 1. The SMILES string of the molecule is O=C1OCc2nc3ccccc3c(-c3ccc(Cl)cc3)c21. The highest BCUT2D eigenvalue weighted by Gasteiger charge is 2.28. The Morgan fingerprint density at radius 2 is 1.76 bits per heavy atom. The van der Waals surface area contributed by atoms with E-state index in [1.807, 2.05) is 48.5 Å². The van der Waals surface area contributed by atoms with Crippen LogP contribution in [0.4, 0.5) is 0 Å². The number of hydrogen-bond donors (Lipinski definition) is 0. The first-order valence-electron chi connectivity index (χ1n) is 6.59. The summed E-state index contributed by atoms with van der Waals surface area (Å²) in [5.41, 5.74) is 3.93. The van der Waals surface area contributed by atoms with Gasteiger partial charge in [0.1, 0.15) is 6.61 Å². The number of ether oxygens (including phenoxy) is 1. The molecule has 0 amide bonds. The molecule has 4 rings (SSSR count). The highest BCUT2D eigenvalue weighted by atomic mass is 35.5. The van der Waals surface area contributed by atoms with Gasteiger partial charge in [-0.05, 0) is 23.8 Å². The molecule has 0 bridgehead atoms. The van der Waals surface area contributed by atoms with Gasteiger partial charge < -0.3 is 4.74 Å². The van der Waals surface area contributed by atoms with Gasteiger partial charge in [0.25, 0.3) is 0 Å². The van der Waals surface area contributed by atoms with Crippen molar-refractivity contribution in [2.45, 2.75) is 6.61 Å². The van der Waals surface area contributed by atoms with Crippen LogP contribution in [0.5, 0.6) is 0 Å². The van der Waals surface area contributed by atoms with Gasteiger partial charge in [0.2, 0.25) is 0 Å². The van der Waals surface area contributed by atoms with Crippen molar-refractivity contribution < 1.29 is 9.53 Å². The van der Waals surface area contributed by atoms with Crippen LogP contribution in [-0.2, 0) is 11.3 Å². The number of hydrogen-bond acceptors (Lipinski definition) is 3. The molecule has 1 aliphatic rings. The number of carbonyl (C=O) groups is 1. The zero-order chi connectivity index (χ0) is 14.4. The summed E-state index contributed by atoms with van der Waals surface area (Å²) in [6, 6.07) is 15.3. The van der Waals surface area contributed by atoms with Gasteiger partial charge in [-0.3, -0.25) is 0 Å². The van der Waals surface area contributed by atoms with E-state index in [9.17, 15) is 4.79 Å². The summed E-state index contributed by atoms with van der Waals surface area (Å²) >= 11 is 5.96. The molecule has 2 heterocycles. The molecule has 102 valence electrons. The standard InChI is InChI=1S/C17H10ClNO2/c18-11-7-5-10(6-8-11)15-12-3-1-2-4-13(12)19-14-9-21-17(20)16(14)15/h1-8H,9H2. The Morgan fingerprint density at radius 3 is 2.57 bits per heavy atom. The molecule has 0 saturated carbocycles. The average Bonchev–Trinajstić information content (AvgIpc) is 2.87. The third kappa shape index (κ3) is 1.89. The molecule has 0 saturated heterocycles. The van der Waals surface area contributed by atoms with Gasteiger partial charge in [-0.1, -0.05) is 41.9 Å². The molecule has 3 aromatic rings. The number of benzene rings is 2. The van der Waals surface area contributed by atoms with Crippen LogP contribution < -0.4 is 0 Å². The van der Waals surface area contributed by atoms with E-state index in [1.54, 1.807) is 0 Å². The van der Waals surface area contributed by atoms with Gasteiger partial charge in [0.05, 0.1) is 16.8 Å². The van der Waals surface area contributed by atoms with Gasteiger partial charge >= 0.3 is 5.97 Å². The van der Waals surface area contributed by atoms with Crippen LogP contribution in [0.15, 0.2) is 48.5 Å². The number of nitrogens with zero attached hydrogens (tertiary/aromatic N) is 1. The Bertz CT molecular complexity index is 872. The van der Waals surface area contributed by atoms with Crippen molar-refractivity contribution in [3.05, 3.63) is 64.8 Å². The number of fused-ring (bicyclic) bond motifs is 2. The van der Waals surface area contributed by atoms with Crippen LogP contribution in [0, 0.1) is 0 Å². The zero-order valence-corrected chi connectivity index (χ0v) is 11.7. The molecule has 0 fully saturated rings. The second kappa shape index (κ2) is 4.57. The zero-order valence-electron chi connectivity index (χ0n) is 11.0. The Balaban J connectivity index is 2.12. The lowest BCUT2D eigenvalue weighted by Crippen LogP contribution is -2.00. The molecule has 0 unspecified atom stereocenters. The average molecular weight is 296 g/mol. The molecule has 0 spiro atoms. The predicted molar refractivity (Wildman–Crippen MR) is 81.3 cm³/mol. The molecule has 0 aliphatic carbocycles. The number of aromatic nitrogens is 1. The molecule has 3 nitrogen and oxygen atoms in total. The Kier molecular flexibility index (Phi) is 2.69. The Hall–Kier alpha value is -2.39. The van der Waals surface area contributed by atoms with E-state index in [0.717, 1.165) is 22.0 Å². The van der Waals surface area contributed by atoms with E-state index in [1.165, 1.54) is 0 Å². The van der Waals surface area contributed by atoms with E-state index in [0.29, 0.717) is 16.3 Å². The van der Waals surface area contributed by atoms with E-state index in [4.69, 9.17) is 16.3 Å². The second-order valence-corrected chi connectivity index (χ2v) is 5.35. The largest absolute Gasteiger partial charge is 0.455 e. The maximum Gasteiger partial charge on any atom is 0.341 e. The van der Waals surface area contributed by atoms with Crippen molar-refractivity contribution in [3.63, 3.8) is 0 Å². The topological polar surface area (TPSA) is 39.2 Å². The van der Waals surface area contributed by atoms with Crippen LogP contribution in [0.3, 0.4) is 0 Å². The van der Waals surface area contributed by atoms with Crippen LogP contribution >= 0.6 is 11.6 Å². The number of para-hydroxylation sites is 1. The van der Waals surface area contributed by atoms with Gasteiger partial charge in [-0.2, -0.15) is 0 Å². The van der Waals surface area contributed by atoms with Crippen molar-refractivity contribution in [1.82, 2.24) is 4.98 Å². The Labute approximate surface area is 126 Å². The van der Waals surface area contributed by atoms with Crippen LogP contribution in [-0.4, -0.2) is 11.0 Å². The summed E-state index contributed by atoms with van der Waals surface area (Å²) in [4.78, 5) is 16.6. The maximum atomic E-state index is 12.1. The first-order chi connectivity index (χ1) is 10.2. The minimum absolute atomic E-state index is 0.236. The lowest BCUT2D eigenvalue weighted by atomic mass is 9.95. The first-order valence-corrected chi connectivity index (χ1v) is 6.96. The summed E-state index contributed by atoms with van der Waals surface area (Å²) in [5.74, 6) is -0.312. The smallest absolute Gasteiger partial charge is 0.341 e. The monoisotopic (exact) mass is 295 g/mol. The van der Waals surface area contributed by atoms with Crippen molar-refractivity contribution in [2.24, 2.45) is 0 Å². The molecular weight excluding hydrogens is 286 g/mol. The van der Waals surface area contributed by atoms with Gasteiger partial charge in [0, 0.05) is 16.0 Å². The van der Waals surface area contributed by atoms with Gasteiger partial charge in [0.15, 0.2) is 0 Å². The fraction of sp³-hybridized carbons (Fsp3) is 0.0588. The summed E-state index contributed by atoms with van der Waals surface area (Å²) < 4.78 is 5.15. The van der Waals surface area contributed by atoms with Crippen LogP contribution in [0.25, 0.3) is 22.0 Å². The molecule has 1 aromatic heterocycles. The second-order valence-electron chi connectivity index (χ2n) is 4.91. The molecule has 1 aliphatic heterocycles. The van der Waals surface area contributed by atoms with E-state index in [2.05, 4.69) is 4.98 Å². The number of rotatable bonds is 1. The quantitative estimate of drug-likeness (QED) is 0.631. The molecule has 0 radical (unpaired) electrons. The lowest BCUT2D eigenvalue weighted by molar-refractivity contribution is 0.0534. The fourth-order valence-electron chi connectivity index (χ4n) is 2.71. The van der Waals surface area contributed by atoms with Crippen LogP contribution in [0.1, 0.15) is 16.1 Å². The van der Waals surface area contributed by atoms with E-state index >= 15 is 0 Å². The predicted octanol–water partition coefficient (Wildman–Crippen LogP) is 4.23. The molecule has 0 atom stereocenters. The number of cyclic esters (lactones) is 1. The van der Waals surface area contributed by atoms with Crippen molar-refractivity contribution in [3.8, 4) is 11.1 Å². The minimum atomic E-state index is -0.312. The number of pyridine rings is 1. The summed E-state index contributed by atoms with van der Waals surface area (Å²) in [6.07, 6.45) is 0. The Morgan fingerprint density at radius 1 is 1.00 bits per heavy atom. The number of esters is 1. The highest BCUT2D eigenvalue weighted by Crippen LogP contribution is 2.36.